The Bertz CT molecular complexity index is 217. The number of oxime groups is 1. The van der Waals surface area contributed by atoms with Crippen LogP contribution in [-0.2, 0) is 4.84 Å². The molecule has 0 amide bonds. The van der Waals surface area contributed by atoms with Gasteiger partial charge in [0.15, 0.2) is 5.60 Å². The normalized spacial score (nSPS) is 31.8. The first-order valence-corrected chi connectivity index (χ1v) is 3.96. The maximum Gasteiger partial charge on any atom is 0.279 e. The molecule has 1 saturated heterocycles. The lowest BCUT2D eigenvalue weighted by molar-refractivity contribution is -0.00191. The van der Waals surface area contributed by atoms with Crippen molar-refractivity contribution in [1.29, 1.82) is 0 Å². The lowest BCUT2D eigenvalue weighted by atomic mass is 9.97. The van der Waals surface area contributed by atoms with Gasteiger partial charge in [-0.15, -0.1) is 12.4 Å². The van der Waals surface area contributed by atoms with Crippen molar-refractivity contribution in [3.8, 4) is 0 Å². The van der Waals surface area contributed by atoms with Crippen molar-refractivity contribution in [2.45, 2.75) is 24.9 Å². The van der Waals surface area contributed by atoms with Crippen LogP contribution in [0.25, 0.3) is 0 Å². The van der Waals surface area contributed by atoms with E-state index in [2.05, 4.69) is 10.5 Å². The molecule has 0 bridgehead atoms. The first-order valence-electron chi connectivity index (χ1n) is 3.96. The highest BCUT2D eigenvalue weighted by Crippen LogP contribution is 2.31. The second-order valence-electron chi connectivity index (χ2n) is 3.26. The Hall–Kier alpha value is -0.420. The van der Waals surface area contributed by atoms with Crippen LogP contribution in [0.5, 0.6) is 0 Å². The maximum atomic E-state index is 12.1. The monoisotopic (exact) mass is 212 g/mol. The third-order valence-electron chi connectivity index (χ3n) is 2.32. The van der Waals surface area contributed by atoms with Crippen LogP contribution in [0.1, 0.15) is 12.8 Å². The number of alkyl halides is 2. The van der Waals surface area contributed by atoms with E-state index in [1.54, 1.807) is 0 Å². The molecule has 13 heavy (non-hydrogen) atoms. The largest absolute Gasteiger partial charge is 0.387 e. The van der Waals surface area contributed by atoms with Gasteiger partial charge in [0.05, 0.1) is 0 Å². The summed E-state index contributed by atoms with van der Waals surface area (Å²) in [5.41, 5.74) is -0.565. The molecule has 1 N–H and O–H groups in total. The molecule has 3 nitrogen and oxygen atoms in total. The number of rotatable bonds is 1. The molecule has 0 saturated carbocycles. The molecule has 6 heteroatoms. The summed E-state index contributed by atoms with van der Waals surface area (Å²) in [6.07, 6.45) is -1.42. The van der Waals surface area contributed by atoms with Crippen LogP contribution in [0.3, 0.4) is 0 Å². The first kappa shape index (κ1) is 10.7. The molecule has 76 valence electrons. The minimum Gasteiger partial charge on any atom is -0.387 e. The minimum atomic E-state index is -2.47. The van der Waals surface area contributed by atoms with Crippen LogP contribution in [0, 0.1) is 0 Å². The molecule has 2 rings (SSSR count). The Labute approximate surface area is 80.9 Å². The Morgan fingerprint density at radius 2 is 2.31 bits per heavy atom. The van der Waals surface area contributed by atoms with Crippen molar-refractivity contribution in [2.75, 3.05) is 13.1 Å². The van der Waals surface area contributed by atoms with Crippen molar-refractivity contribution in [3.63, 3.8) is 0 Å². The standard InChI is InChI=1S/C7H10F2N2O.ClH/c8-6(9)5-3-7(12-11-5)1-2-10-4-7;/h6,10H,1-4H2;1H. The fourth-order valence-corrected chi connectivity index (χ4v) is 1.62. The summed E-state index contributed by atoms with van der Waals surface area (Å²) >= 11 is 0. The molecule has 0 radical (unpaired) electrons. The summed E-state index contributed by atoms with van der Waals surface area (Å²) in [5.74, 6) is 0. The van der Waals surface area contributed by atoms with Crippen LogP contribution in [-0.4, -0.2) is 30.8 Å². The van der Waals surface area contributed by atoms with Gasteiger partial charge in [0.1, 0.15) is 5.71 Å². The van der Waals surface area contributed by atoms with E-state index in [4.69, 9.17) is 4.84 Å². The number of nitrogens with one attached hydrogen (secondary N) is 1. The van der Waals surface area contributed by atoms with Crippen LogP contribution < -0.4 is 5.32 Å². The van der Waals surface area contributed by atoms with E-state index < -0.39 is 12.0 Å². The highest BCUT2D eigenvalue weighted by molar-refractivity contribution is 5.89. The molecular weight excluding hydrogens is 202 g/mol. The fourth-order valence-electron chi connectivity index (χ4n) is 1.62. The van der Waals surface area contributed by atoms with Crippen molar-refractivity contribution in [2.24, 2.45) is 5.16 Å². The van der Waals surface area contributed by atoms with Crippen LogP contribution in [0.2, 0.25) is 0 Å². The molecular formula is C7H11ClF2N2O. The molecule has 2 aliphatic rings. The number of hydrogen-bond donors (Lipinski definition) is 1. The Balaban J connectivity index is 0.000000845. The zero-order chi connectivity index (χ0) is 8.60. The highest BCUT2D eigenvalue weighted by Gasteiger charge is 2.43. The van der Waals surface area contributed by atoms with Gasteiger partial charge in [-0.1, -0.05) is 5.16 Å². The van der Waals surface area contributed by atoms with Crippen molar-refractivity contribution in [3.05, 3.63) is 0 Å². The van der Waals surface area contributed by atoms with Gasteiger partial charge < -0.3 is 10.2 Å². The topological polar surface area (TPSA) is 33.6 Å². The van der Waals surface area contributed by atoms with Crippen LogP contribution >= 0.6 is 12.4 Å². The molecule has 0 aromatic rings. The average molecular weight is 213 g/mol. The minimum absolute atomic E-state index is 0. The van der Waals surface area contributed by atoms with Gasteiger partial charge in [-0.2, -0.15) is 0 Å². The fraction of sp³-hybridized carbons (Fsp3) is 0.857. The van der Waals surface area contributed by atoms with Crippen molar-refractivity contribution >= 4 is 18.1 Å². The second-order valence-corrected chi connectivity index (χ2v) is 3.26. The first-order chi connectivity index (χ1) is 5.72. The summed E-state index contributed by atoms with van der Waals surface area (Å²) in [5, 5.41) is 6.47. The summed E-state index contributed by atoms with van der Waals surface area (Å²) < 4.78 is 24.3. The maximum absolute atomic E-state index is 12.1. The van der Waals surface area contributed by atoms with E-state index >= 15 is 0 Å². The lowest BCUT2D eigenvalue weighted by Crippen LogP contribution is -2.32. The summed E-state index contributed by atoms with van der Waals surface area (Å²) in [6.45, 7) is 1.46. The van der Waals surface area contributed by atoms with E-state index in [-0.39, 0.29) is 24.5 Å². The van der Waals surface area contributed by atoms with E-state index in [0.717, 1.165) is 13.0 Å². The van der Waals surface area contributed by atoms with Gasteiger partial charge in [-0.3, -0.25) is 0 Å². The third-order valence-corrected chi connectivity index (χ3v) is 2.32. The van der Waals surface area contributed by atoms with E-state index in [1.165, 1.54) is 0 Å². The molecule has 2 aliphatic heterocycles. The molecule has 1 fully saturated rings. The third kappa shape index (κ3) is 1.91. The SMILES string of the molecule is Cl.FC(F)C1=NOC2(CCNC2)C1. The quantitative estimate of drug-likeness (QED) is 0.708. The Kier molecular flexibility index (Phi) is 3.08. The second kappa shape index (κ2) is 3.75. The van der Waals surface area contributed by atoms with Crippen LogP contribution in [0.15, 0.2) is 5.16 Å². The molecule has 1 unspecified atom stereocenters. The van der Waals surface area contributed by atoms with E-state index in [0.29, 0.717) is 6.54 Å². The Morgan fingerprint density at radius 3 is 2.77 bits per heavy atom. The van der Waals surface area contributed by atoms with Gasteiger partial charge in [0, 0.05) is 19.4 Å². The molecule has 1 spiro atoms. The molecule has 0 aliphatic carbocycles. The lowest BCUT2D eigenvalue weighted by Gasteiger charge is -2.18. The van der Waals surface area contributed by atoms with Crippen LogP contribution in [0.4, 0.5) is 8.78 Å². The zero-order valence-electron chi connectivity index (χ0n) is 6.93. The highest BCUT2D eigenvalue weighted by atomic mass is 35.5. The van der Waals surface area contributed by atoms with E-state index in [9.17, 15) is 8.78 Å². The molecule has 0 aromatic carbocycles. The predicted octanol–water partition coefficient (Wildman–Crippen LogP) is 1.18. The summed E-state index contributed by atoms with van der Waals surface area (Å²) in [6, 6.07) is 0. The zero-order valence-corrected chi connectivity index (χ0v) is 7.74. The molecule has 1 atom stereocenters. The molecule has 0 aromatic heterocycles. The number of nitrogens with zero attached hydrogens (tertiary/aromatic N) is 1. The molecule has 2 heterocycles. The summed E-state index contributed by atoms with van der Waals surface area (Å²) in [4.78, 5) is 5.02. The van der Waals surface area contributed by atoms with Crippen molar-refractivity contribution < 1.29 is 13.6 Å². The number of hydrogen-bond acceptors (Lipinski definition) is 3. The average Bonchev–Trinajstić information content (AvgIpc) is 2.62. The van der Waals surface area contributed by atoms with Gasteiger partial charge in [0.2, 0.25) is 0 Å². The smallest absolute Gasteiger partial charge is 0.279 e. The van der Waals surface area contributed by atoms with Gasteiger partial charge in [-0.25, -0.2) is 8.78 Å². The van der Waals surface area contributed by atoms with Gasteiger partial charge >= 0.3 is 0 Å². The van der Waals surface area contributed by atoms with Crippen molar-refractivity contribution in [1.82, 2.24) is 5.32 Å². The Morgan fingerprint density at radius 1 is 1.54 bits per heavy atom. The predicted molar refractivity (Wildman–Crippen MR) is 46.6 cm³/mol. The number of halogens is 3. The van der Waals surface area contributed by atoms with Gasteiger partial charge in [0.25, 0.3) is 6.43 Å². The van der Waals surface area contributed by atoms with Gasteiger partial charge in [-0.05, 0) is 6.54 Å². The van der Waals surface area contributed by atoms with E-state index in [1.807, 2.05) is 0 Å². The summed E-state index contributed by atoms with van der Waals surface area (Å²) in [7, 11) is 0.